The minimum atomic E-state index is -1.22. The van der Waals surface area contributed by atoms with Gasteiger partial charge in [-0.3, -0.25) is 14.4 Å². The topological polar surface area (TPSA) is 161 Å². The summed E-state index contributed by atoms with van der Waals surface area (Å²) in [5.74, 6) is -2.03. The van der Waals surface area contributed by atoms with Gasteiger partial charge in [0.05, 0.1) is 15.6 Å². The van der Waals surface area contributed by atoms with E-state index in [0.717, 1.165) is 25.6 Å². The lowest BCUT2D eigenvalue weighted by molar-refractivity contribution is -0.201. The van der Waals surface area contributed by atoms with E-state index in [1.807, 2.05) is 6.07 Å². The Balaban J connectivity index is 2.50. The van der Waals surface area contributed by atoms with Crippen molar-refractivity contribution in [1.82, 2.24) is 0 Å². The van der Waals surface area contributed by atoms with E-state index in [1.165, 1.54) is 19.1 Å². The van der Waals surface area contributed by atoms with Crippen molar-refractivity contribution >= 4 is 52.9 Å². The first-order valence-corrected chi connectivity index (χ1v) is 10.9. The van der Waals surface area contributed by atoms with Crippen LogP contribution in [0.4, 0.5) is 0 Å². The molecule has 1 saturated heterocycles. The number of rotatable bonds is 7. The molecule has 5 atom stereocenters. The van der Waals surface area contributed by atoms with Crippen molar-refractivity contribution in [3.8, 4) is 6.07 Å². The van der Waals surface area contributed by atoms with Crippen LogP contribution in [0.15, 0.2) is 22.1 Å². The molecule has 1 fully saturated rings. The van der Waals surface area contributed by atoms with Gasteiger partial charge in [-0.1, -0.05) is 40.1 Å². The number of ether oxygens (including phenoxy) is 4. The van der Waals surface area contributed by atoms with Gasteiger partial charge >= 0.3 is 17.9 Å². The van der Waals surface area contributed by atoms with E-state index in [0.29, 0.717) is 4.90 Å². The van der Waals surface area contributed by atoms with E-state index in [-0.39, 0.29) is 22.2 Å². The quantitative estimate of drug-likeness (QED) is 0.172. The Morgan fingerprint density at radius 3 is 2.21 bits per heavy atom. The van der Waals surface area contributed by atoms with Crippen LogP contribution in [0.2, 0.25) is 10.0 Å². The van der Waals surface area contributed by atoms with Crippen LogP contribution in [0, 0.1) is 11.3 Å². The van der Waals surface area contributed by atoms with E-state index in [9.17, 15) is 14.4 Å². The van der Waals surface area contributed by atoms with E-state index in [1.54, 1.807) is 0 Å². The zero-order chi connectivity index (χ0) is 24.7. The molecule has 176 valence electrons. The van der Waals surface area contributed by atoms with Gasteiger partial charge in [-0.05, 0) is 17.7 Å². The Kier molecular flexibility index (Phi) is 9.64. The van der Waals surface area contributed by atoms with Gasteiger partial charge in [0.2, 0.25) is 0 Å². The highest BCUT2D eigenvalue weighted by atomic mass is 35.5. The lowest BCUT2D eigenvalue weighted by Gasteiger charge is -2.43. The standard InChI is InChI=1S/C19H18Cl2N4O7S/c1-8(26)29-7-15-17(30-9(2)27)16(24-25-23)18(31-10(3)28)19(32-15)33-11-4-13(20)12(6-22)14(21)5-11/h4-5,15-19H,7H2,1-3H3/t15?,16-,17-,18?,19+/m0/s1. The summed E-state index contributed by atoms with van der Waals surface area (Å²) in [5.41, 5.74) is 8.18. The van der Waals surface area contributed by atoms with Crippen LogP contribution in [-0.2, 0) is 33.3 Å². The Morgan fingerprint density at radius 2 is 1.73 bits per heavy atom. The molecule has 2 unspecified atom stereocenters. The molecule has 1 heterocycles. The number of nitrogens with zero attached hydrogens (tertiary/aromatic N) is 4. The zero-order valence-electron chi connectivity index (χ0n) is 17.6. The Bertz CT molecular complexity index is 1000. The van der Waals surface area contributed by atoms with Gasteiger partial charge in [-0.15, -0.1) is 0 Å². The normalized spacial score (nSPS) is 24.1. The second-order valence-electron chi connectivity index (χ2n) is 6.68. The number of hydrogen-bond donors (Lipinski definition) is 0. The maximum atomic E-state index is 11.8. The number of thioether (sulfide) groups is 1. The number of esters is 3. The number of halogens is 2. The second-order valence-corrected chi connectivity index (χ2v) is 8.67. The summed E-state index contributed by atoms with van der Waals surface area (Å²) in [5, 5.41) is 13.0. The molecule has 0 amide bonds. The third-order valence-corrected chi connectivity index (χ3v) is 5.95. The largest absolute Gasteiger partial charge is 0.463 e. The molecule has 11 nitrogen and oxygen atoms in total. The summed E-state index contributed by atoms with van der Waals surface area (Å²) >= 11 is 13.2. The molecule has 2 rings (SSSR count). The molecule has 0 spiro atoms. The predicted octanol–water partition coefficient (Wildman–Crippen LogP) is 3.79. The minimum absolute atomic E-state index is 0.0818. The minimum Gasteiger partial charge on any atom is -0.463 e. The van der Waals surface area contributed by atoms with Crippen molar-refractivity contribution in [3.05, 3.63) is 38.2 Å². The lowest BCUT2D eigenvalue weighted by Crippen LogP contribution is -2.59. The molecule has 33 heavy (non-hydrogen) atoms. The number of benzene rings is 1. The molecular formula is C19H18Cl2N4O7S. The van der Waals surface area contributed by atoms with Gasteiger partial charge in [-0.2, -0.15) is 5.26 Å². The highest BCUT2D eigenvalue weighted by Gasteiger charge is 2.50. The highest BCUT2D eigenvalue weighted by Crippen LogP contribution is 2.40. The van der Waals surface area contributed by atoms with E-state index >= 15 is 0 Å². The van der Waals surface area contributed by atoms with E-state index in [2.05, 4.69) is 10.0 Å². The van der Waals surface area contributed by atoms with Gasteiger partial charge in [-0.25, -0.2) is 0 Å². The summed E-state index contributed by atoms with van der Waals surface area (Å²) < 4.78 is 21.6. The number of carbonyl (C=O) groups is 3. The first-order valence-electron chi connectivity index (χ1n) is 9.30. The average molecular weight is 517 g/mol. The van der Waals surface area contributed by atoms with Crippen LogP contribution < -0.4 is 0 Å². The molecular weight excluding hydrogens is 499 g/mol. The highest BCUT2D eigenvalue weighted by molar-refractivity contribution is 7.99. The van der Waals surface area contributed by atoms with Crippen LogP contribution >= 0.6 is 35.0 Å². The number of carbonyl (C=O) groups excluding carboxylic acids is 3. The fraction of sp³-hybridized carbons (Fsp3) is 0.474. The van der Waals surface area contributed by atoms with Crippen molar-refractivity contribution in [1.29, 1.82) is 5.26 Å². The van der Waals surface area contributed by atoms with Gasteiger partial charge in [0.1, 0.15) is 42.5 Å². The fourth-order valence-electron chi connectivity index (χ4n) is 3.03. The summed E-state index contributed by atoms with van der Waals surface area (Å²) in [7, 11) is 0. The molecule has 14 heteroatoms. The Labute approximate surface area is 202 Å². The van der Waals surface area contributed by atoms with Crippen molar-refractivity contribution in [2.24, 2.45) is 5.11 Å². The molecule has 1 aromatic carbocycles. The van der Waals surface area contributed by atoms with Gasteiger partial charge in [0, 0.05) is 30.6 Å². The van der Waals surface area contributed by atoms with E-state index < -0.39 is 47.7 Å². The summed E-state index contributed by atoms with van der Waals surface area (Å²) in [6.45, 7) is 3.14. The molecule has 0 saturated carbocycles. The maximum Gasteiger partial charge on any atom is 0.303 e. The van der Waals surface area contributed by atoms with Crippen LogP contribution in [0.25, 0.3) is 10.4 Å². The van der Waals surface area contributed by atoms with Crippen LogP contribution in [0.5, 0.6) is 0 Å². The van der Waals surface area contributed by atoms with Gasteiger partial charge in [0.15, 0.2) is 0 Å². The Hall–Kier alpha value is -2.68. The molecule has 1 aliphatic rings. The van der Waals surface area contributed by atoms with Gasteiger partial charge in [0.25, 0.3) is 0 Å². The summed E-state index contributed by atoms with van der Waals surface area (Å²) in [6, 6.07) is 3.61. The number of azide groups is 1. The summed E-state index contributed by atoms with van der Waals surface area (Å²) in [4.78, 5) is 38.1. The van der Waals surface area contributed by atoms with Crippen molar-refractivity contribution in [3.63, 3.8) is 0 Å². The smallest absolute Gasteiger partial charge is 0.303 e. The molecule has 1 aromatic rings. The molecule has 1 aliphatic heterocycles. The monoisotopic (exact) mass is 516 g/mol. The Morgan fingerprint density at radius 1 is 1.15 bits per heavy atom. The molecule has 0 radical (unpaired) electrons. The first kappa shape index (κ1) is 26.6. The lowest BCUT2D eigenvalue weighted by atomic mass is 9.97. The predicted molar refractivity (Wildman–Crippen MR) is 116 cm³/mol. The maximum absolute atomic E-state index is 11.8. The second kappa shape index (κ2) is 12.0. The molecule has 0 aliphatic carbocycles. The summed E-state index contributed by atoms with van der Waals surface area (Å²) in [6.07, 6.45) is -3.47. The van der Waals surface area contributed by atoms with Gasteiger partial charge < -0.3 is 18.9 Å². The number of nitriles is 1. The molecule has 0 bridgehead atoms. The van der Waals surface area contributed by atoms with E-state index in [4.69, 9.17) is 52.9 Å². The third kappa shape index (κ3) is 7.15. The number of hydrogen-bond acceptors (Lipinski definition) is 10. The SMILES string of the molecule is CC(=O)OCC1O[C@H](Sc2cc(Cl)c(C#N)c(Cl)c2)C(OC(C)=O)[C@@H](N=[N+]=[N-])[C@H]1OC(C)=O. The average Bonchev–Trinajstić information content (AvgIpc) is 2.70. The van der Waals surface area contributed by atoms with Crippen molar-refractivity contribution in [2.45, 2.75) is 55.5 Å². The van der Waals surface area contributed by atoms with Crippen molar-refractivity contribution < 1.29 is 33.3 Å². The van der Waals surface area contributed by atoms with Crippen LogP contribution in [-0.4, -0.2) is 54.3 Å². The molecule has 0 N–H and O–H groups in total. The van der Waals surface area contributed by atoms with Crippen LogP contribution in [0.1, 0.15) is 26.3 Å². The zero-order valence-corrected chi connectivity index (χ0v) is 19.9. The van der Waals surface area contributed by atoms with Crippen LogP contribution in [0.3, 0.4) is 0 Å². The third-order valence-electron chi connectivity index (χ3n) is 4.24. The fourth-order valence-corrected chi connectivity index (χ4v) is 4.92. The van der Waals surface area contributed by atoms with Crippen molar-refractivity contribution in [2.75, 3.05) is 6.61 Å². The molecule has 0 aromatic heterocycles. The first-order chi connectivity index (χ1) is 15.6.